The average molecular weight is 322 g/mol. The molecule has 1 amide bonds. The summed E-state index contributed by atoms with van der Waals surface area (Å²) in [5.74, 6) is -0.351. The SMILES string of the molecule is COC(=O)c1ccn([C@H]2CCCC[C@H]2NC(=O)OC(C)(C)C)c1. The molecule has 2 rings (SSSR count). The standard InChI is InChI=1S/C17H26N2O4/c1-17(2,3)23-16(21)18-13-7-5-6-8-14(13)19-10-9-12(11-19)15(20)22-4/h9-11,13-14H,5-8H2,1-4H3,(H,18,21)/t13-,14+/m1/s1. The van der Waals surface area contributed by atoms with Gasteiger partial charge in [0.05, 0.1) is 24.8 Å². The first-order valence-electron chi connectivity index (χ1n) is 8.05. The monoisotopic (exact) mass is 322 g/mol. The first kappa shape index (κ1) is 17.4. The van der Waals surface area contributed by atoms with E-state index in [1.54, 1.807) is 12.3 Å². The smallest absolute Gasteiger partial charge is 0.407 e. The van der Waals surface area contributed by atoms with Crippen LogP contribution in [-0.2, 0) is 9.47 Å². The number of aromatic nitrogens is 1. The van der Waals surface area contributed by atoms with Crippen molar-refractivity contribution in [1.29, 1.82) is 0 Å². The lowest BCUT2D eigenvalue weighted by atomic mass is 9.90. The molecule has 0 aliphatic heterocycles. The van der Waals surface area contributed by atoms with Crippen molar-refractivity contribution in [2.24, 2.45) is 0 Å². The van der Waals surface area contributed by atoms with Crippen LogP contribution in [-0.4, -0.2) is 35.4 Å². The van der Waals surface area contributed by atoms with Crippen LogP contribution in [0.5, 0.6) is 0 Å². The molecule has 0 spiro atoms. The molecule has 1 aromatic heterocycles. The largest absolute Gasteiger partial charge is 0.465 e. The summed E-state index contributed by atoms with van der Waals surface area (Å²) >= 11 is 0. The third-order valence-electron chi connectivity index (χ3n) is 3.95. The Bertz CT molecular complexity index is 559. The van der Waals surface area contributed by atoms with Gasteiger partial charge in [-0.15, -0.1) is 0 Å². The van der Waals surface area contributed by atoms with Crippen molar-refractivity contribution in [1.82, 2.24) is 9.88 Å². The van der Waals surface area contributed by atoms with Gasteiger partial charge in [-0.05, 0) is 39.7 Å². The maximum Gasteiger partial charge on any atom is 0.407 e. The lowest BCUT2D eigenvalue weighted by Gasteiger charge is -2.33. The van der Waals surface area contributed by atoms with E-state index in [0.717, 1.165) is 25.7 Å². The summed E-state index contributed by atoms with van der Waals surface area (Å²) in [6, 6.07) is 1.86. The van der Waals surface area contributed by atoms with E-state index in [2.05, 4.69) is 5.32 Å². The second-order valence-corrected chi connectivity index (χ2v) is 6.94. The number of nitrogens with one attached hydrogen (secondary N) is 1. The number of carbonyl (C=O) groups excluding carboxylic acids is 2. The van der Waals surface area contributed by atoms with Crippen LogP contribution in [0.25, 0.3) is 0 Å². The van der Waals surface area contributed by atoms with Crippen LogP contribution >= 0.6 is 0 Å². The summed E-state index contributed by atoms with van der Waals surface area (Å²) in [6.45, 7) is 5.54. The molecule has 1 heterocycles. The first-order valence-corrected chi connectivity index (χ1v) is 8.05. The van der Waals surface area contributed by atoms with Crippen molar-refractivity contribution in [3.63, 3.8) is 0 Å². The fraction of sp³-hybridized carbons (Fsp3) is 0.647. The Kier molecular flexibility index (Phi) is 5.34. The van der Waals surface area contributed by atoms with Gasteiger partial charge in [-0.1, -0.05) is 12.8 Å². The molecule has 0 unspecified atom stereocenters. The van der Waals surface area contributed by atoms with Crippen molar-refractivity contribution in [2.75, 3.05) is 7.11 Å². The molecule has 0 radical (unpaired) electrons. The van der Waals surface area contributed by atoms with Gasteiger partial charge in [0.1, 0.15) is 5.60 Å². The van der Waals surface area contributed by atoms with Crippen LogP contribution in [0, 0.1) is 0 Å². The third-order valence-corrected chi connectivity index (χ3v) is 3.95. The summed E-state index contributed by atoms with van der Waals surface area (Å²) in [7, 11) is 1.37. The highest BCUT2D eigenvalue weighted by Gasteiger charge is 2.29. The van der Waals surface area contributed by atoms with E-state index in [4.69, 9.17) is 9.47 Å². The molecule has 1 aromatic rings. The van der Waals surface area contributed by atoms with Gasteiger partial charge in [-0.2, -0.15) is 0 Å². The molecule has 6 nitrogen and oxygen atoms in total. The molecular formula is C17H26N2O4. The maximum atomic E-state index is 12.0. The zero-order chi connectivity index (χ0) is 17.0. The van der Waals surface area contributed by atoms with E-state index in [-0.39, 0.29) is 18.1 Å². The summed E-state index contributed by atoms with van der Waals surface area (Å²) in [4.78, 5) is 23.6. The van der Waals surface area contributed by atoms with E-state index in [9.17, 15) is 9.59 Å². The van der Waals surface area contributed by atoms with Gasteiger partial charge >= 0.3 is 12.1 Å². The lowest BCUT2D eigenvalue weighted by Crippen LogP contribution is -2.44. The number of esters is 1. The van der Waals surface area contributed by atoms with Gasteiger partial charge < -0.3 is 19.4 Å². The molecule has 0 bridgehead atoms. The normalized spacial score (nSPS) is 21.6. The Morgan fingerprint density at radius 3 is 2.61 bits per heavy atom. The highest BCUT2D eigenvalue weighted by Crippen LogP contribution is 2.29. The van der Waals surface area contributed by atoms with Crippen molar-refractivity contribution in [3.8, 4) is 0 Å². The van der Waals surface area contributed by atoms with Crippen molar-refractivity contribution >= 4 is 12.1 Å². The summed E-state index contributed by atoms with van der Waals surface area (Å²) < 4.78 is 12.1. The minimum absolute atomic E-state index is 0.00324. The van der Waals surface area contributed by atoms with Crippen LogP contribution in [0.1, 0.15) is 62.9 Å². The van der Waals surface area contributed by atoms with E-state index in [1.807, 2.05) is 31.5 Å². The third kappa shape index (κ3) is 4.74. The van der Waals surface area contributed by atoms with Crippen molar-refractivity contribution in [2.45, 2.75) is 64.1 Å². The molecule has 23 heavy (non-hydrogen) atoms. The second kappa shape index (κ2) is 7.06. The van der Waals surface area contributed by atoms with Crippen molar-refractivity contribution in [3.05, 3.63) is 24.0 Å². The predicted octanol–water partition coefficient (Wildman–Crippen LogP) is 3.28. The minimum Gasteiger partial charge on any atom is -0.465 e. The molecule has 2 atom stereocenters. The Labute approximate surface area is 137 Å². The number of hydrogen-bond donors (Lipinski definition) is 1. The van der Waals surface area contributed by atoms with Crippen LogP contribution < -0.4 is 5.32 Å². The number of methoxy groups -OCH3 is 1. The highest BCUT2D eigenvalue weighted by molar-refractivity contribution is 5.89. The molecule has 128 valence electrons. The topological polar surface area (TPSA) is 69.6 Å². The zero-order valence-electron chi connectivity index (χ0n) is 14.3. The number of hydrogen-bond acceptors (Lipinski definition) is 4. The number of alkyl carbamates (subject to hydrolysis) is 1. The first-order chi connectivity index (χ1) is 10.8. The summed E-state index contributed by atoms with van der Waals surface area (Å²) in [5.41, 5.74) is 0.00817. The number of nitrogens with zero attached hydrogens (tertiary/aromatic N) is 1. The van der Waals surface area contributed by atoms with E-state index in [1.165, 1.54) is 7.11 Å². The fourth-order valence-corrected chi connectivity index (χ4v) is 2.95. The quantitative estimate of drug-likeness (QED) is 0.867. The van der Waals surface area contributed by atoms with Gasteiger partial charge in [0.15, 0.2) is 0 Å². The van der Waals surface area contributed by atoms with E-state index < -0.39 is 11.7 Å². The summed E-state index contributed by atoms with van der Waals surface area (Å²) in [5, 5.41) is 2.98. The molecule has 0 saturated heterocycles. The van der Waals surface area contributed by atoms with Crippen molar-refractivity contribution < 1.29 is 19.1 Å². The molecule has 1 aliphatic carbocycles. The van der Waals surface area contributed by atoms with Crippen LogP contribution in [0.15, 0.2) is 18.5 Å². The van der Waals surface area contributed by atoms with Gasteiger partial charge in [0.25, 0.3) is 0 Å². The van der Waals surface area contributed by atoms with Gasteiger partial charge in [0.2, 0.25) is 0 Å². The molecule has 1 saturated carbocycles. The Morgan fingerprint density at radius 2 is 1.96 bits per heavy atom. The molecule has 0 aromatic carbocycles. The Morgan fingerprint density at radius 1 is 1.26 bits per heavy atom. The molecule has 6 heteroatoms. The lowest BCUT2D eigenvalue weighted by molar-refractivity contribution is 0.0470. The van der Waals surface area contributed by atoms with Crippen LogP contribution in [0.2, 0.25) is 0 Å². The Balaban J connectivity index is 2.07. The average Bonchev–Trinajstić information content (AvgIpc) is 2.94. The molecule has 1 N–H and O–H groups in total. The molecule has 1 fully saturated rings. The maximum absolute atomic E-state index is 12.0. The van der Waals surface area contributed by atoms with E-state index >= 15 is 0 Å². The van der Waals surface area contributed by atoms with Gasteiger partial charge in [-0.25, -0.2) is 9.59 Å². The molecule has 1 aliphatic rings. The van der Waals surface area contributed by atoms with Gasteiger partial charge in [-0.3, -0.25) is 0 Å². The number of ether oxygens (including phenoxy) is 2. The Hall–Kier alpha value is -1.98. The zero-order valence-corrected chi connectivity index (χ0v) is 14.3. The second-order valence-electron chi connectivity index (χ2n) is 6.94. The number of amides is 1. The predicted molar refractivity (Wildman–Crippen MR) is 86.4 cm³/mol. The van der Waals surface area contributed by atoms with Crippen LogP contribution in [0.3, 0.4) is 0 Å². The highest BCUT2D eigenvalue weighted by atomic mass is 16.6. The number of rotatable bonds is 3. The van der Waals surface area contributed by atoms with Crippen LogP contribution in [0.4, 0.5) is 4.79 Å². The summed E-state index contributed by atoms with van der Waals surface area (Å²) in [6.07, 6.45) is 7.28. The van der Waals surface area contributed by atoms with Gasteiger partial charge in [0, 0.05) is 12.4 Å². The fourth-order valence-electron chi connectivity index (χ4n) is 2.95. The minimum atomic E-state index is -0.514. The number of carbonyl (C=O) groups is 2. The van der Waals surface area contributed by atoms with E-state index in [0.29, 0.717) is 5.56 Å². The molecular weight excluding hydrogens is 296 g/mol.